The molecule has 0 fully saturated rings. The second-order valence-electron chi connectivity index (χ2n) is 16.5. The van der Waals surface area contributed by atoms with E-state index >= 15 is 0 Å². The van der Waals surface area contributed by atoms with Gasteiger partial charge in [-0.25, -0.2) is 0 Å². The van der Waals surface area contributed by atoms with Crippen molar-refractivity contribution in [3.05, 3.63) is 72.9 Å². The van der Waals surface area contributed by atoms with Gasteiger partial charge in [0.05, 0.1) is 0 Å². The van der Waals surface area contributed by atoms with Crippen LogP contribution in [0.25, 0.3) is 0 Å². The fraction of sp³-hybridized carbons (Fsp3) is 0.722. The molecular weight excluding hydrogens is 745 g/mol. The topological polar surface area (TPSA) is 78.9 Å². The van der Waals surface area contributed by atoms with Crippen LogP contribution in [0.2, 0.25) is 0 Å². The second-order valence-corrected chi connectivity index (χ2v) is 16.5. The highest BCUT2D eigenvalue weighted by Gasteiger charge is 2.19. The summed E-state index contributed by atoms with van der Waals surface area (Å²) in [7, 11) is 0. The standard InChI is InChI=1S/C54H92O6/c1-4-7-10-13-16-19-22-24-26-28-29-32-35-38-41-44-47-53(56)59-50-51(49-58-52(55)46-43-40-37-34-31-21-18-15-12-9-6-3)60-54(57)48-45-42-39-36-33-30-27-25-23-20-17-14-11-8-5-2/h8,11,14-15,17-18,20,23,25,27,30,33,51H,4-7,9-10,12-13,16,19,21-22,24,26,28-29,31-32,34-50H2,1-3H3/b11-8-,17-14-,18-15-,23-20-,27-25-,33-30-. The predicted molar refractivity (Wildman–Crippen MR) is 256 cm³/mol. The summed E-state index contributed by atoms with van der Waals surface area (Å²) < 4.78 is 16.7. The fourth-order valence-electron chi connectivity index (χ4n) is 6.80. The summed E-state index contributed by atoms with van der Waals surface area (Å²) in [5.41, 5.74) is 0. The quantitative estimate of drug-likeness (QED) is 0.0200. The van der Waals surface area contributed by atoms with Gasteiger partial charge in [0, 0.05) is 19.3 Å². The summed E-state index contributed by atoms with van der Waals surface area (Å²) in [5.74, 6) is -0.945. The van der Waals surface area contributed by atoms with Crippen LogP contribution in [0.4, 0.5) is 0 Å². The molecule has 0 radical (unpaired) electrons. The van der Waals surface area contributed by atoms with Gasteiger partial charge in [-0.3, -0.25) is 14.4 Å². The van der Waals surface area contributed by atoms with E-state index in [0.29, 0.717) is 19.3 Å². The van der Waals surface area contributed by atoms with Gasteiger partial charge in [-0.2, -0.15) is 0 Å². The van der Waals surface area contributed by atoms with Crippen LogP contribution in [0.5, 0.6) is 0 Å². The van der Waals surface area contributed by atoms with Gasteiger partial charge in [-0.15, -0.1) is 0 Å². The Morgan fingerprint density at radius 1 is 0.350 bits per heavy atom. The van der Waals surface area contributed by atoms with E-state index in [-0.39, 0.29) is 37.5 Å². The summed E-state index contributed by atoms with van der Waals surface area (Å²) in [6.45, 7) is 6.41. The number of ether oxygens (including phenoxy) is 3. The predicted octanol–water partition coefficient (Wildman–Crippen LogP) is 16.3. The lowest BCUT2D eigenvalue weighted by Gasteiger charge is -2.18. The zero-order chi connectivity index (χ0) is 43.7. The van der Waals surface area contributed by atoms with Crippen molar-refractivity contribution in [3.63, 3.8) is 0 Å². The molecule has 0 aliphatic heterocycles. The number of unbranched alkanes of at least 4 members (excludes halogenated alkanes) is 25. The second kappa shape index (κ2) is 48.5. The van der Waals surface area contributed by atoms with Crippen molar-refractivity contribution in [1.82, 2.24) is 0 Å². The van der Waals surface area contributed by atoms with Crippen molar-refractivity contribution in [2.75, 3.05) is 13.2 Å². The van der Waals surface area contributed by atoms with Crippen molar-refractivity contribution in [2.45, 2.75) is 239 Å². The maximum Gasteiger partial charge on any atom is 0.306 e. The van der Waals surface area contributed by atoms with Crippen LogP contribution in [0.15, 0.2) is 72.9 Å². The molecule has 6 heteroatoms. The Morgan fingerprint density at radius 2 is 0.683 bits per heavy atom. The average molecular weight is 837 g/mol. The zero-order valence-electron chi connectivity index (χ0n) is 39.2. The molecule has 0 heterocycles. The highest BCUT2D eigenvalue weighted by molar-refractivity contribution is 5.71. The Hall–Kier alpha value is -3.15. The van der Waals surface area contributed by atoms with Crippen LogP contribution in [0, 0.1) is 0 Å². The molecule has 6 nitrogen and oxygen atoms in total. The minimum atomic E-state index is -0.798. The first-order valence-electron chi connectivity index (χ1n) is 25.0. The van der Waals surface area contributed by atoms with Gasteiger partial charge in [0.1, 0.15) is 13.2 Å². The zero-order valence-corrected chi connectivity index (χ0v) is 39.2. The molecule has 0 saturated carbocycles. The number of allylic oxidation sites excluding steroid dienone is 12. The van der Waals surface area contributed by atoms with Crippen LogP contribution < -0.4 is 0 Å². The number of esters is 3. The van der Waals surface area contributed by atoms with Crippen molar-refractivity contribution in [1.29, 1.82) is 0 Å². The third-order valence-corrected chi connectivity index (χ3v) is 10.6. The molecule has 0 saturated heterocycles. The monoisotopic (exact) mass is 837 g/mol. The van der Waals surface area contributed by atoms with Crippen LogP contribution in [-0.4, -0.2) is 37.2 Å². The molecule has 0 aromatic heterocycles. The molecule has 0 spiro atoms. The normalized spacial score (nSPS) is 12.7. The van der Waals surface area contributed by atoms with Gasteiger partial charge in [-0.1, -0.05) is 229 Å². The van der Waals surface area contributed by atoms with Gasteiger partial charge in [-0.05, 0) is 57.8 Å². The van der Waals surface area contributed by atoms with E-state index in [0.717, 1.165) is 77.0 Å². The van der Waals surface area contributed by atoms with E-state index in [1.165, 1.54) is 109 Å². The molecule has 0 aliphatic rings. The molecule has 0 bridgehead atoms. The van der Waals surface area contributed by atoms with Crippen molar-refractivity contribution >= 4 is 17.9 Å². The molecule has 0 aromatic carbocycles. The lowest BCUT2D eigenvalue weighted by molar-refractivity contribution is -0.167. The Labute approximate surface area is 370 Å². The molecule has 344 valence electrons. The molecule has 1 atom stereocenters. The van der Waals surface area contributed by atoms with E-state index in [4.69, 9.17) is 14.2 Å². The van der Waals surface area contributed by atoms with Crippen LogP contribution in [0.1, 0.15) is 233 Å². The summed E-state index contributed by atoms with van der Waals surface area (Å²) in [5, 5.41) is 0. The lowest BCUT2D eigenvalue weighted by Crippen LogP contribution is -2.30. The molecule has 0 rings (SSSR count). The Bertz CT molecular complexity index is 1140. The smallest absolute Gasteiger partial charge is 0.306 e. The first kappa shape index (κ1) is 56.9. The van der Waals surface area contributed by atoms with Gasteiger partial charge >= 0.3 is 17.9 Å². The van der Waals surface area contributed by atoms with Gasteiger partial charge in [0.15, 0.2) is 6.10 Å². The van der Waals surface area contributed by atoms with E-state index in [9.17, 15) is 14.4 Å². The van der Waals surface area contributed by atoms with Crippen LogP contribution >= 0.6 is 0 Å². The number of hydrogen-bond donors (Lipinski definition) is 0. The maximum atomic E-state index is 12.8. The maximum absolute atomic E-state index is 12.8. The first-order chi connectivity index (χ1) is 29.5. The largest absolute Gasteiger partial charge is 0.462 e. The summed E-state index contributed by atoms with van der Waals surface area (Å²) in [4.78, 5) is 37.9. The molecule has 60 heavy (non-hydrogen) atoms. The van der Waals surface area contributed by atoms with Crippen molar-refractivity contribution in [2.24, 2.45) is 0 Å². The number of rotatable bonds is 44. The first-order valence-corrected chi connectivity index (χ1v) is 25.0. The van der Waals surface area contributed by atoms with Gasteiger partial charge in [0.2, 0.25) is 0 Å². The highest BCUT2D eigenvalue weighted by Crippen LogP contribution is 2.15. The highest BCUT2D eigenvalue weighted by atomic mass is 16.6. The van der Waals surface area contributed by atoms with E-state index in [1.807, 2.05) is 48.6 Å². The van der Waals surface area contributed by atoms with Crippen molar-refractivity contribution < 1.29 is 28.6 Å². The third-order valence-electron chi connectivity index (χ3n) is 10.6. The molecule has 0 amide bonds. The van der Waals surface area contributed by atoms with Gasteiger partial charge < -0.3 is 14.2 Å². The fourth-order valence-corrected chi connectivity index (χ4v) is 6.80. The summed E-state index contributed by atoms with van der Waals surface area (Å²) in [6, 6.07) is 0. The van der Waals surface area contributed by atoms with E-state index < -0.39 is 6.10 Å². The van der Waals surface area contributed by atoms with Gasteiger partial charge in [0.25, 0.3) is 0 Å². The molecule has 0 N–H and O–H groups in total. The molecular formula is C54H92O6. The molecule has 0 aliphatic carbocycles. The van der Waals surface area contributed by atoms with Crippen LogP contribution in [-0.2, 0) is 28.6 Å². The van der Waals surface area contributed by atoms with E-state index in [2.05, 4.69) is 45.1 Å². The minimum Gasteiger partial charge on any atom is -0.462 e. The summed E-state index contributed by atoms with van der Waals surface area (Å²) >= 11 is 0. The molecule has 0 aromatic rings. The molecule has 1 unspecified atom stereocenters. The SMILES string of the molecule is CC\C=C/C=C\C=C/C=C\C=C/CCCCCC(=O)OC(COC(=O)CCCCCCC/C=C\CCCC)COC(=O)CCCCCCCCCCCCCCCCCC. The Morgan fingerprint density at radius 3 is 1.13 bits per heavy atom. The number of hydrogen-bond acceptors (Lipinski definition) is 6. The number of carbonyl (C=O) groups is 3. The van der Waals surface area contributed by atoms with Crippen molar-refractivity contribution in [3.8, 4) is 0 Å². The Kier molecular flexibility index (Phi) is 46.0. The minimum absolute atomic E-state index is 0.0940. The van der Waals surface area contributed by atoms with Crippen LogP contribution in [0.3, 0.4) is 0 Å². The third kappa shape index (κ3) is 45.9. The lowest BCUT2D eigenvalue weighted by atomic mass is 10.0. The van der Waals surface area contributed by atoms with E-state index in [1.54, 1.807) is 0 Å². The number of carbonyl (C=O) groups excluding carboxylic acids is 3. The Balaban J connectivity index is 4.44. The summed E-state index contributed by atoms with van der Waals surface area (Å²) in [6.07, 6.45) is 60.3. The average Bonchev–Trinajstić information content (AvgIpc) is 3.24.